The van der Waals surface area contributed by atoms with Crippen LogP contribution in [0.1, 0.15) is 13.8 Å². The minimum atomic E-state index is -1.03. The summed E-state index contributed by atoms with van der Waals surface area (Å²) < 4.78 is -0.0683. The molecule has 1 aromatic heterocycles. The van der Waals surface area contributed by atoms with E-state index in [1.165, 1.54) is 11.3 Å². The average Bonchev–Trinajstić information content (AvgIpc) is 2.78. The third-order valence-electron chi connectivity index (χ3n) is 2.69. The van der Waals surface area contributed by atoms with Crippen LogP contribution in [0.4, 0.5) is 9.80 Å². The minimum absolute atomic E-state index is 0.0683. The molecule has 6 nitrogen and oxygen atoms in total. The third-order valence-corrected chi connectivity index (χ3v) is 3.72. The minimum Gasteiger partial charge on any atom is -0.480 e. The Labute approximate surface area is 110 Å². The van der Waals surface area contributed by atoms with E-state index in [9.17, 15) is 9.59 Å². The fraction of sp³-hybridized carbons (Fsp3) is 0.545. The first-order valence-electron chi connectivity index (χ1n) is 5.53. The SMILES string of the molecule is CC(C)[C@H](NC(=O)[N+](C)(C)c1cncs1)C(=O)O. The lowest BCUT2D eigenvalue weighted by atomic mass is 10.1. The number of amides is 2. The highest BCUT2D eigenvalue weighted by Gasteiger charge is 2.35. The summed E-state index contributed by atoms with van der Waals surface area (Å²) in [7, 11) is 3.39. The molecule has 0 radical (unpaired) electrons. The molecule has 7 heteroatoms. The van der Waals surface area contributed by atoms with E-state index in [4.69, 9.17) is 5.11 Å². The zero-order chi connectivity index (χ0) is 13.9. The zero-order valence-electron chi connectivity index (χ0n) is 10.9. The Bertz CT molecular complexity index is 429. The number of hydrogen-bond acceptors (Lipinski definition) is 4. The van der Waals surface area contributed by atoms with Crippen molar-refractivity contribution in [3.05, 3.63) is 11.7 Å². The number of hydrogen-bond donors (Lipinski definition) is 2. The highest BCUT2D eigenvalue weighted by atomic mass is 32.1. The molecule has 2 amide bonds. The molecule has 0 unspecified atom stereocenters. The van der Waals surface area contributed by atoms with Crippen molar-refractivity contribution in [3.63, 3.8) is 0 Å². The molecular weight excluding hydrogens is 254 g/mol. The monoisotopic (exact) mass is 272 g/mol. The second kappa shape index (κ2) is 5.45. The van der Waals surface area contributed by atoms with Crippen LogP contribution in [0.15, 0.2) is 11.7 Å². The molecule has 1 heterocycles. The van der Waals surface area contributed by atoms with Crippen molar-refractivity contribution < 1.29 is 14.7 Å². The molecular formula is C11H18N3O3S+. The van der Waals surface area contributed by atoms with Crippen molar-refractivity contribution in [2.24, 2.45) is 5.92 Å². The number of carbonyl (C=O) groups is 2. The van der Waals surface area contributed by atoms with E-state index in [0.717, 1.165) is 5.00 Å². The number of aliphatic carboxylic acids is 1. The zero-order valence-corrected chi connectivity index (χ0v) is 11.7. The molecule has 2 N–H and O–H groups in total. The summed E-state index contributed by atoms with van der Waals surface area (Å²) in [6, 6.07) is -1.25. The number of aromatic nitrogens is 1. The highest BCUT2D eigenvalue weighted by Crippen LogP contribution is 2.23. The smallest absolute Gasteiger partial charge is 0.422 e. The lowest BCUT2D eigenvalue weighted by molar-refractivity contribution is -0.140. The van der Waals surface area contributed by atoms with Crippen LogP contribution in [0.2, 0.25) is 0 Å². The van der Waals surface area contributed by atoms with Gasteiger partial charge < -0.3 is 5.11 Å². The Morgan fingerprint density at radius 2 is 2.06 bits per heavy atom. The highest BCUT2D eigenvalue weighted by molar-refractivity contribution is 7.13. The Kier molecular flexibility index (Phi) is 4.42. The van der Waals surface area contributed by atoms with Gasteiger partial charge in [0.1, 0.15) is 12.2 Å². The molecule has 0 saturated carbocycles. The van der Waals surface area contributed by atoms with E-state index < -0.39 is 12.0 Å². The first kappa shape index (κ1) is 14.6. The molecule has 0 aliphatic heterocycles. The van der Waals surface area contributed by atoms with Crippen LogP contribution in [-0.2, 0) is 4.79 Å². The Morgan fingerprint density at radius 1 is 1.44 bits per heavy atom. The number of nitrogens with one attached hydrogen (secondary N) is 1. The summed E-state index contributed by atoms with van der Waals surface area (Å²) in [6.45, 7) is 3.51. The van der Waals surface area contributed by atoms with Crippen LogP contribution in [0.5, 0.6) is 0 Å². The van der Waals surface area contributed by atoms with Crippen LogP contribution in [0, 0.1) is 5.92 Å². The average molecular weight is 272 g/mol. The van der Waals surface area contributed by atoms with Gasteiger partial charge in [0.2, 0.25) is 5.00 Å². The maximum atomic E-state index is 12.2. The maximum Gasteiger partial charge on any atom is 0.422 e. The molecule has 1 atom stereocenters. The molecule has 18 heavy (non-hydrogen) atoms. The summed E-state index contributed by atoms with van der Waals surface area (Å²) in [6.07, 6.45) is 1.61. The van der Waals surface area contributed by atoms with Gasteiger partial charge in [-0.05, 0) is 5.92 Å². The third kappa shape index (κ3) is 3.05. The van der Waals surface area contributed by atoms with Gasteiger partial charge in [-0.15, -0.1) is 0 Å². The second-order valence-electron chi connectivity index (χ2n) is 4.80. The van der Waals surface area contributed by atoms with Crippen LogP contribution >= 0.6 is 11.3 Å². The van der Waals surface area contributed by atoms with Gasteiger partial charge in [0.15, 0.2) is 0 Å². The van der Waals surface area contributed by atoms with E-state index in [1.54, 1.807) is 39.7 Å². The number of rotatable bonds is 4. The molecule has 0 saturated heterocycles. The number of thiazole rings is 1. The Hall–Kier alpha value is -1.47. The molecule has 1 rings (SSSR count). The normalized spacial score (nSPS) is 13.4. The first-order valence-corrected chi connectivity index (χ1v) is 6.41. The summed E-state index contributed by atoms with van der Waals surface area (Å²) >= 11 is 1.35. The van der Waals surface area contributed by atoms with E-state index in [1.807, 2.05) is 0 Å². The number of carboxylic acids is 1. The number of urea groups is 1. The van der Waals surface area contributed by atoms with Gasteiger partial charge in [0, 0.05) is 0 Å². The summed E-state index contributed by atoms with van der Waals surface area (Å²) in [5.41, 5.74) is 1.64. The topological polar surface area (TPSA) is 79.3 Å². The number of carbonyl (C=O) groups excluding carboxylic acids is 1. The lowest BCUT2D eigenvalue weighted by Gasteiger charge is -2.26. The van der Waals surface area contributed by atoms with Gasteiger partial charge in [-0.1, -0.05) is 25.2 Å². The molecule has 1 aromatic rings. The van der Waals surface area contributed by atoms with Gasteiger partial charge >= 0.3 is 12.0 Å². The van der Waals surface area contributed by atoms with Gasteiger partial charge in [-0.2, -0.15) is 0 Å². The fourth-order valence-corrected chi connectivity index (χ4v) is 2.09. The predicted octanol–water partition coefficient (Wildman–Crippen LogP) is 1.53. The molecule has 0 spiro atoms. The van der Waals surface area contributed by atoms with Gasteiger partial charge in [-0.3, -0.25) is 5.32 Å². The second-order valence-corrected chi connectivity index (χ2v) is 5.67. The quantitative estimate of drug-likeness (QED) is 0.815. The van der Waals surface area contributed by atoms with Crippen LogP contribution in [0.3, 0.4) is 0 Å². The fourth-order valence-electron chi connectivity index (χ4n) is 1.39. The molecule has 0 aliphatic rings. The van der Waals surface area contributed by atoms with Crippen molar-refractivity contribution >= 4 is 28.3 Å². The molecule has 0 aromatic carbocycles. The number of carboxylic acid groups (broad SMARTS) is 1. The summed E-state index contributed by atoms with van der Waals surface area (Å²) in [5.74, 6) is -1.20. The van der Waals surface area contributed by atoms with Gasteiger partial charge in [0.05, 0.1) is 19.6 Å². The van der Waals surface area contributed by atoms with E-state index in [0.29, 0.717) is 0 Å². The van der Waals surface area contributed by atoms with E-state index >= 15 is 0 Å². The van der Waals surface area contributed by atoms with Crippen molar-refractivity contribution in [2.75, 3.05) is 14.1 Å². The largest absolute Gasteiger partial charge is 0.480 e. The summed E-state index contributed by atoms with van der Waals surface area (Å²) in [4.78, 5) is 27.1. The maximum absolute atomic E-state index is 12.2. The molecule has 0 bridgehead atoms. The molecule has 100 valence electrons. The van der Waals surface area contributed by atoms with Crippen LogP contribution in [0.25, 0.3) is 0 Å². The Morgan fingerprint density at radius 3 is 2.44 bits per heavy atom. The van der Waals surface area contributed by atoms with Crippen molar-refractivity contribution in [1.82, 2.24) is 14.8 Å². The van der Waals surface area contributed by atoms with E-state index in [2.05, 4.69) is 10.3 Å². The standard InChI is InChI=1S/C11H17N3O3S/c1-7(2)9(10(15)16)13-11(17)14(3,4)8-5-12-6-18-8/h5-7,9H,1-4H3,(H-,13,15,16,17)/p+1/t9-/m0/s1. The van der Waals surface area contributed by atoms with Crippen LogP contribution < -0.4 is 9.80 Å². The predicted molar refractivity (Wildman–Crippen MR) is 70.5 cm³/mol. The van der Waals surface area contributed by atoms with Crippen molar-refractivity contribution in [1.29, 1.82) is 0 Å². The Balaban J connectivity index is 2.85. The summed E-state index contributed by atoms with van der Waals surface area (Å²) in [5, 5.41) is 12.4. The van der Waals surface area contributed by atoms with Crippen molar-refractivity contribution in [3.8, 4) is 0 Å². The van der Waals surface area contributed by atoms with Gasteiger partial charge in [0.25, 0.3) is 0 Å². The number of nitrogens with zero attached hydrogens (tertiary/aromatic N) is 2. The lowest BCUT2D eigenvalue weighted by Crippen LogP contribution is -2.57. The number of quaternary nitrogens is 1. The van der Waals surface area contributed by atoms with E-state index in [-0.39, 0.29) is 16.4 Å². The van der Waals surface area contributed by atoms with Crippen molar-refractivity contribution in [2.45, 2.75) is 19.9 Å². The van der Waals surface area contributed by atoms with Gasteiger partial charge in [-0.25, -0.2) is 19.1 Å². The molecule has 0 fully saturated rings. The van der Waals surface area contributed by atoms with Crippen LogP contribution in [-0.4, -0.2) is 42.2 Å². The molecule has 0 aliphatic carbocycles. The first-order chi connectivity index (χ1) is 8.26.